The molecule has 9 heavy (non-hydrogen) atoms. The Morgan fingerprint density at radius 2 is 2.33 bits per heavy atom. The van der Waals surface area contributed by atoms with E-state index in [0.29, 0.717) is 0 Å². The Morgan fingerprint density at radius 1 is 1.44 bits per heavy atom. The first kappa shape index (κ1) is 6.05. The van der Waals surface area contributed by atoms with Crippen molar-refractivity contribution in [2.24, 2.45) is 0 Å². The van der Waals surface area contributed by atoms with Crippen molar-refractivity contribution in [3.63, 3.8) is 0 Å². The summed E-state index contributed by atoms with van der Waals surface area (Å²) in [6.07, 6.45) is 2.92. The standard InChI is InChI=1S/C7H13NS/c1-8-4-7-3-2-6(8)5-9-7/h6-7H,2-5H2,1H3. The summed E-state index contributed by atoms with van der Waals surface area (Å²) in [5, 5.41) is 0.972. The van der Waals surface area contributed by atoms with Crippen LogP contribution in [0.4, 0.5) is 0 Å². The fourth-order valence-corrected chi connectivity index (χ4v) is 3.31. The molecule has 3 heterocycles. The average Bonchev–Trinajstić information content (AvgIpc) is 1.90. The van der Waals surface area contributed by atoms with Gasteiger partial charge in [0, 0.05) is 23.6 Å². The molecule has 3 fully saturated rings. The van der Waals surface area contributed by atoms with Gasteiger partial charge in [0.2, 0.25) is 0 Å². The van der Waals surface area contributed by atoms with E-state index in [1.165, 1.54) is 25.1 Å². The quantitative estimate of drug-likeness (QED) is 0.501. The van der Waals surface area contributed by atoms with Gasteiger partial charge in [-0.15, -0.1) is 0 Å². The first-order chi connectivity index (χ1) is 4.36. The molecular weight excluding hydrogens is 130 g/mol. The van der Waals surface area contributed by atoms with Crippen molar-refractivity contribution in [1.29, 1.82) is 0 Å². The third-order valence-corrected chi connectivity index (χ3v) is 3.89. The lowest BCUT2D eigenvalue weighted by atomic mass is 10.0. The maximum Gasteiger partial charge on any atom is 0.0184 e. The predicted molar refractivity (Wildman–Crippen MR) is 41.9 cm³/mol. The molecule has 0 radical (unpaired) electrons. The van der Waals surface area contributed by atoms with Gasteiger partial charge in [0.15, 0.2) is 0 Å². The molecule has 1 nitrogen and oxygen atoms in total. The molecule has 3 aliphatic heterocycles. The van der Waals surface area contributed by atoms with E-state index in [0.717, 1.165) is 11.3 Å². The maximum atomic E-state index is 2.52. The summed E-state index contributed by atoms with van der Waals surface area (Å²) in [7, 11) is 2.26. The van der Waals surface area contributed by atoms with E-state index in [-0.39, 0.29) is 0 Å². The van der Waals surface area contributed by atoms with Gasteiger partial charge in [-0.1, -0.05) is 0 Å². The van der Waals surface area contributed by atoms with Crippen molar-refractivity contribution in [1.82, 2.24) is 4.90 Å². The molecule has 0 aliphatic carbocycles. The minimum absolute atomic E-state index is 0.917. The summed E-state index contributed by atoms with van der Waals surface area (Å²) in [5.74, 6) is 1.39. The van der Waals surface area contributed by atoms with E-state index >= 15 is 0 Å². The molecule has 3 aliphatic rings. The van der Waals surface area contributed by atoms with E-state index in [1.54, 1.807) is 0 Å². The lowest BCUT2D eigenvalue weighted by Crippen LogP contribution is -2.48. The summed E-state index contributed by atoms with van der Waals surface area (Å²) in [6.45, 7) is 1.34. The van der Waals surface area contributed by atoms with Gasteiger partial charge in [0.25, 0.3) is 0 Å². The minimum atomic E-state index is 0.917. The zero-order valence-electron chi connectivity index (χ0n) is 5.84. The van der Waals surface area contributed by atoms with Crippen LogP contribution in [0.1, 0.15) is 12.8 Å². The Bertz CT molecular complexity index is 107. The Kier molecular flexibility index (Phi) is 1.46. The summed E-state index contributed by atoms with van der Waals surface area (Å²) < 4.78 is 0. The molecule has 0 aromatic rings. The van der Waals surface area contributed by atoms with Gasteiger partial charge in [0.05, 0.1) is 0 Å². The number of hydrogen-bond donors (Lipinski definition) is 0. The van der Waals surface area contributed by atoms with Crippen LogP contribution in [0.25, 0.3) is 0 Å². The highest BCUT2D eigenvalue weighted by Gasteiger charge is 2.31. The van der Waals surface area contributed by atoms with Crippen LogP contribution in [0.5, 0.6) is 0 Å². The molecule has 3 saturated heterocycles. The monoisotopic (exact) mass is 143 g/mol. The van der Waals surface area contributed by atoms with Crippen molar-refractivity contribution in [3.05, 3.63) is 0 Å². The van der Waals surface area contributed by atoms with Gasteiger partial charge < -0.3 is 4.90 Å². The SMILES string of the molecule is CN1CC2CCC1CS2. The van der Waals surface area contributed by atoms with Gasteiger partial charge >= 0.3 is 0 Å². The minimum Gasteiger partial charge on any atom is -0.301 e. The highest BCUT2D eigenvalue weighted by Crippen LogP contribution is 2.33. The topological polar surface area (TPSA) is 3.24 Å². The van der Waals surface area contributed by atoms with Crippen LogP contribution >= 0.6 is 11.8 Å². The second-order valence-electron chi connectivity index (χ2n) is 3.13. The first-order valence-electron chi connectivity index (χ1n) is 3.68. The molecule has 3 rings (SSSR count). The molecule has 2 atom stereocenters. The number of hydrogen-bond acceptors (Lipinski definition) is 2. The van der Waals surface area contributed by atoms with Gasteiger partial charge in [0.1, 0.15) is 0 Å². The number of fused-ring (bicyclic) bond motifs is 3. The molecule has 52 valence electrons. The van der Waals surface area contributed by atoms with Crippen molar-refractivity contribution >= 4 is 11.8 Å². The van der Waals surface area contributed by atoms with Gasteiger partial charge in [-0.2, -0.15) is 11.8 Å². The fourth-order valence-electron chi connectivity index (χ4n) is 1.75. The fraction of sp³-hybridized carbons (Fsp3) is 1.00. The summed E-state index contributed by atoms with van der Waals surface area (Å²) >= 11 is 2.18. The van der Waals surface area contributed by atoms with Crippen LogP contribution in [-0.4, -0.2) is 35.5 Å². The third-order valence-electron chi connectivity index (χ3n) is 2.46. The second-order valence-corrected chi connectivity index (χ2v) is 4.46. The van der Waals surface area contributed by atoms with Crippen LogP contribution < -0.4 is 0 Å². The normalized spacial score (nSPS) is 43.7. The molecule has 0 N–H and O–H groups in total. The summed E-state index contributed by atoms with van der Waals surface area (Å²) in [6, 6.07) is 0.917. The zero-order valence-corrected chi connectivity index (χ0v) is 6.66. The van der Waals surface area contributed by atoms with E-state index in [2.05, 4.69) is 23.7 Å². The molecule has 0 aromatic carbocycles. The molecule has 0 amide bonds. The van der Waals surface area contributed by atoms with Crippen LogP contribution in [0.15, 0.2) is 0 Å². The number of thioether (sulfide) groups is 1. The largest absolute Gasteiger partial charge is 0.301 e. The van der Waals surface area contributed by atoms with Crippen molar-refractivity contribution in [2.75, 3.05) is 19.3 Å². The van der Waals surface area contributed by atoms with Crippen molar-refractivity contribution < 1.29 is 0 Å². The highest BCUT2D eigenvalue weighted by atomic mass is 32.2. The van der Waals surface area contributed by atoms with Crippen molar-refractivity contribution in [3.8, 4) is 0 Å². The summed E-state index contributed by atoms with van der Waals surface area (Å²) in [4.78, 5) is 2.52. The van der Waals surface area contributed by atoms with Gasteiger partial charge in [-0.05, 0) is 19.9 Å². The number of rotatable bonds is 0. The Hall–Kier alpha value is 0.310. The van der Waals surface area contributed by atoms with E-state index < -0.39 is 0 Å². The molecule has 0 saturated carbocycles. The molecule has 0 spiro atoms. The Labute approximate surface area is 60.8 Å². The molecular formula is C7H13NS. The van der Waals surface area contributed by atoms with E-state index in [1.807, 2.05) is 0 Å². The molecule has 0 aromatic heterocycles. The molecule has 2 bridgehead atoms. The average molecular weight is 143 g/mol. The van der Waals surface area contributed by atoms with Crippen LogP contribution in [0.2, 0.25) is 0 Å². The van der Waals surface area contributed by atoms with Crippen LogP contribution in [-0.2, 0) is 0 Å². The maximum absolute atomic E-state index is 2.52. The van der Waals surface area contributed by atoms with Gasteiger partial charge in [-0.3, -0.25) is 0 Å². The predicted octanol–water partition coefficient (Wildman–Crippen LogP) is 1.20. The van der Waals surface area contributed by atoms with Crippen LogP contribution in [0, 0.1) is 0 Å². The third kappa shape index (κ3) is 0.987. The summed E-state index contributed by atoms with van der Waals surface area (Å²) in [5.41, 5.74) is 0. The molecule has 2 heteroatoms. The smallest absolute Gasteiger partial charge is 0.0184 e. The second kappa shape index (κ2) is 2.17. The van der Waals surface area contributed by atoms with E-state index in [4.69, 9.17) is 0 Å². The lowest BCUT2D eigenvalue weighted by molar-refractivity contribution is 0.197. The zero-order chi connectivity index (χ0) is 6.27. The Morgan fingerprint density at radius 3 is 2.56 bits per heavy atom. The first-order valence-corrected chi connectivity index (χ1v) is 4.73. The van der Waals surface area contributed by atoms with E-state index in [9.17, 15) is 0 Å². The van der Waals surface area contributed by atoms with Gasteiger partial charge in [-0.25, -0.2) is 0 Å². The lowest BCUT2D eigenvalue weighted by Gasteiger charge is -2.42. The Balaban J connectivity index is 2.06. The highest BCUT2D eigenvalue weighted by molar-refractivity contribution is 8.00. The number of piperidine rings is 1. The van der Waals surface area contributed by atoms with Crippen molar-refractivity contribution in [2.45, 2.75) is 24.1 Å². The number of nitrogens with zero attached hydrogens (tertiary/aromatic N) is 1. The molecule has 2 unspecified atom stereocenters. The van der Waals surface area contributed by atoms with Crippen LogP contribution in [0.3, 0.4) is 0 Å².